The van der Waals surface area contributed by atoms with E-state index in [2.05, 4.69) is 44.2 Å². The Bertz CT molecular complexity index is 949. The average molecular weight is 588 g/mol. The van der Waals surface area contributed by atoms with E-state index in [0.29, 0.717) is 21.2 Å². The fourth-order valence-electron chi connectivity index (χ4n) is 3.35. The minimum absolute atomic E-state index is 0. The Hall–Kier alpha value is -1.22. The van der Waals surface area contributed by atoms with E-state index in [1.807, 2.05) is 18.2 Å². The Balaban J connectivity index is 0.000000263. The van der Waals surface area contributed by atoms with Gasteiger partial charge >= 0.3 is 0 Å². The van der Waals surface area contributed by atoms with Gasteiger partial charge in [0.05, 0.1) is 21.2 Å². The number of likely N-dealkylation sites (tertiary alicyclic amines) is 1. The van der Waals surface area contributed by atoms with Crippen LogP contribution >= 0.6 is 39.1 Å². The molecule has 0 aromatic heterocycles. The maximum absolute atomic E-state index is 8.88. The van der Waals surface area contributed by atoms with Crippen LogP contribution in [-0.4, -0.2) is 51.2 Å². The van der Waals surface area contributed by atoms with Crippen LogP contribution in [0, 0.1) is 22.7 Å². The molecule has 0 saturated carbocycles. The molecule has 0 unspecified atom stereocenters. The summed E-state index contributed by atoms with van der Waals surface area (Å²) in [6.45, 7) is 6.58. The first-order valence-electron chi connectivity index (χ1n) is 10.6. The van der Waals surface area contributed by atoms with Crippen molar-refractivity contribution < 1.29 is 18.6 Å². The fraction of sp³-hybridized carbons (Fsp3) is 0.417. The quantitative estimate of drug-likeness (QED) is 0.464. The van der Waals surface area contributed by atoms with Crippen molar-refractivity contribution in [1.29, 1.82) is 10.5 Å². The molecule has 1 N–H and O–H groups in total. The number of piperidine rings is 1. The molecule has 0 aliphatic carbocycles. The predicted molar refractivity (Wildman–Crippen MR) is 136 cm³/mol. The number of halogens is 3. The van der Waals surface area contributed by atoms with Gasteiger partial charge in [-0.25, -0.2) is 0 Å². The summed E-state index contributed by atoms with van der Waals surface area (Å²) in [7, 11) is 2.19. The third-order valence-electron chi connectivity index (χ3n) is 5.18. The summed E-state index contributed by atoms with van der Waals surface area (Å²) in [5.74, 6) is 0. The molecule has 2 aromatic rings. The molecular weight excluding hydrogens is 560 g/mol. The summed E-state index contributed by atoms with van der Waals surface area (Å²) in [6.07, 6.45) is 4.28. The Kier molecular flexibility index (Phi) is 14.8. The van der Waals surface area contributed by atoms with E-state index < -0.39 is 0 Å². The van der Waals surface area contributed by atoms with E-state index in [1.165, 1.54) is 32.4 Å². The minimum Gasteiger partial charge on any atom is -0.369 e. The van der Waals surface area contributed by atoms with Crippen molar-refractivity contribution in [2.24, 2.45) is 0 Å². The molecule has 0 amide bonds. The zero-order chi connectivity index (χ0) is 23.3. The van der Waals surface area contributed by atoms with Gasteiger partial charge in [-0.05, 0) is 69.4 Å². The molecule has 2 aliphatic heterocycles. The smallest absolute Gasteiger partial charge is 0.101 e. The number of anilines is 1. The molecule has 0 atom stereocenters. The molecule has 175 valence electrons. The van der Waals surface area contributed by atoms with Gasteiger partial charge in [-0.1, -0.05) is 45.6 Å². The number of hydrogen-bond donors (Lipinski definition) is 1. The predicted octanol–water partition coefficient (Wildman–Crippen LogP) is 5.70. The van der Waals surface area contributed by atoms with Gasteiger partial charge in [-0.3, -0.25) is 0 Å². The summed E-state index contributed by atoms with van der Waals surface area (Å²) in [5, 5.41) is 21.7. The Morgan fingerprint density at radius 1 is 0.848 bits per heavy atom. The number of nitriles is 2. The van der Waals surface area contributed by atoms with Crippen molar-refractivity contribution in [2.45, 2.75) is 19.3 Å². The van der Waals surface area contributed by atoms with Crippen LogP contribution in [0.15, 0.2) is 40.9 Å². The van der Waals surface area contributed by atoms with E-state index in [-0.39, 0.29) is 18.6 Å². The zero-order valence-corrected chi connectivity index (χ0v) is 23.2. The first-order valence-corrected chi connectivity index (χ1v) is 12.2. The maximum atomic E-state index is 8.88. The SMILES string of the molecule is CN1CCCCC1.N#Cc1cc(Br)ccc1Cl.N#Cc1cc(N2CCNCC2)ccc1Cl.[V]. The van der Waals surface area contributed by atoms with Gasteiger partial charge in [-0.15, -0.1) is 0 Å². The van der Waals surface area contributed by atoms with Gasteiger partial charge < -0.3 is 15.1 Å². The van der Waals surface area contributed by atoms with Gasteiger partial charge in [0.15, 0.2) is 0 Å². The molecule has 9 heteroatoms. The van der Waals surface area contributed by atoms with Gasteiger partial charge in [-0.2, -0.15) is 10.5 Å². The first-order chi connectivity index (χ1) is 15.4. The van der Waals surface area contributed by atoms with E-state index in [0.717, 1.165) is 36.3 Å². The molecule has 2 aliphatic rings. The molecule has 2 fully saturated rings. The second kappa shape index (κ2) is 16.4. The third kappa shape index (κ3) is 10.7. The Morgan fingerprint density at radius 2 is 1.39 bits per heavy atom. The number of nitrogens with one attached hydrogen (secondary N) is 1. The van der Waals surface area contributed by atoms with E-state index >= 15 is 0 Å². The van der Waals surface area contributed by atoms with Crippen LogP contribution in [0.3, 0.4) is 0 Å². The second-order valence-corrected chi connectivity index (χ2v) is 9.34. The summed E-state index contributed by atoms with van der Waals surface area (Å²) >= 11 is 14.8. The van der Waals surface area contributed by atoms with Gasteiger partial charge in [0, 0.05) is 54.9 Å². The third-order valence-corrected chi connectivity index (χ3v) is 6.33. The number of rotatable bonds is 1. The summed E-state index contributed by atoms with van der Waals surface area (Å²) in [5.41, 5.74) is 2.13. The van der Waals surface area contributed by atoms with Gasteiger partial charge in [0.2, 0.25) is 0 Å². The summed E-state index contributed by atoms with van der Waals surface area (Å²) < 4.78 is 0.869. The van der Waals surface area contributed by atoms with Crippen molar-refractivity contribution in [3.05, 3.63) is 62.0 Å². The zero-order valence-electron chi connectivity index (χ0n) is 18.7. The molecule has 4 rings (SSSR count). The monoisotopic (exact) mass is 586 g/mol. The number of piperazine rings is 1. The number of nitrogens with zero attached hydrogens (tertiary/aromatic N) is 4. The molecule has 2 saturated heterocycles. The van der Waals surface area contributed by atoms with Crippen molar-refractivity contribution in [2.75, 3.05) is 51.2 Å². The van der Waals surface area contributed by atoms with Crippen LogP contribution in [0.25, 0.3) is 0 Å². The minimum atomic E-state index is 0. The van der Waals surface area contributed by atoms with Crippen molar-refractivity contribution in [3.8, 4) is 12.1 Å². The van der Waals surface area contributed by atoms with E-state index in [1.54, 1.807) is 24.3 Å². The molecule has 5 nitrogen and oxygen atoms in total. The van der Waals surface area contributed by atoms with Gasteiger partial charge in [0.1, 0.15) is 12.1 Å². The first kappa shape index (κ1) is 29.8. The normalized spacial score (nSPS) is 15.4. The summed E-state index contributed by atoms with van der Waals surface area (Å²) in [6, 6.07) is 14.8. The van der Waals surface area contributed by atoms with E-state index in [4.69, 9.17) is 33.7 Å². The van der Waals surface area contributed by atoms with E-state index in [9.17, 15) is 0 Å². The maximum Gasteiger partial charge on any atom is 0.101 e. The number of hydrogen-bond acceptors (Lipinski definition) is 5. The average Bonchev–Trinajstić information content (AvgIpc) is 2.83. The van der Waals surface area contributed by atoms with Crippen LogP contribution in [0.2, 0.25) is 10.0 Å². The largest absolute Gasteiger partial charge is 0.369 e. The molecular formula is C24H28BrCl2N5V. The van der Waals surface area contributed by atoms with Crippen LogP contribution in [0.4, 0.5) is 5.69 Å². The Morgan fingerprint density at radius 3 is 1.88 bits per heavy atom. The molecule has 2 heterocycles. The fourth-order valence-corrected chi connectivity index (χ4v) is 4.03. The van der Waals surface area contributed by atoms with Crippen LogP contribution < -0.4 is 10.2 Å². The van der Waals surface area contributed by atoms with Crippen LogP contribution in [-0.2, 0) is 18.6 Å². The molecule has 0 spiro atoms. The topological polar surface area (TPSA) is 66.1 Å². The molecule has 0 bridgehead atoms. The Labute approximate surface area is 227 Å². The van der Waals surface area contributed by atoms with Crippen molar-refractivity contribution in [3.63, 3.8) is 0 Å². The molecule has 2 aromatic carbocycles. The van der Waals surface area contributed by atoms with Crippen LogP contribution in [0.1, 0.15) is 30.4 Å². The standard InChI is InChI=1S/C11H12ClN3.C7H3BrClN.C6H13N.V/c12-11-2-1-10(7-9(11)8-13)15-5-3-14-4-6-15;8-6-1-2-7(9)5(3-6)4-10;1-7-5-3-2-4-6-7;/h1-2,7,14H,3-6H2;1-3H;2-6H2,1H3;. The molecule has 33 heavy (non-hydrogen) atoms. The van der Waals surface area contributed by atoms with Crippen molar-refractivity contribution in [1.82, 2.24) is 10.2 Å². The van der Waals surface area contributed by atoms with Gasteiger partial charge in [0.25, 0.3) is 0 Å². The summed E-state index contributed by atoms with van der Waals surface area (Å²) in [4.78, 5) is 4.65. The molecule has 1 radical (unpaired) electrons. The van der Waals surface area contributed by atoms with Crippen LogP contribution in [0.5, 0.6) is 0 Å². The number of benzene rings is 2. The van der Waals surface area contributed by atoms with Crippen molar-refractivity contribution >= 4 is 44.8 Å². The second-order valence-electron chi connectivity index (χ2n) is 7.61.